The summed E-state index contributed by atoms with van der Waals surface area (Å²) in [5, 5.41) is 14.7. The van der Waals surface area contributed by atoms with Crippen molar-refractivity contribution in [2.24, 2.45) is 7.05 Å². The Hall–Kier alpha value is -1.66. The molecular weight excluding hydrogens is 242 g/mol. The summed E-state index contributed by atoms with van der Waals surface area (Å²) in [5.74, 6) is 0.890. The van der Waals surface area contributed by atoms with E-state index in [0.29, 0.717) is 0 Å². The molecular formula is C13H21N5O. The van der Waals surface area contributed by atoms with E-state index in [1.807, 2.05) is 37.1 Å². The van der Waals surface area contributed by atoms with Crippen LogP contribution < -0.4 is 10.6 Å². The fourth-order valence-electron chi connectivity index (χ4n) is 1.85. The molecule has 0 aliphatic heterocycles. The van der Waals surface area contributed by atoms with Gasteiger partial charge in [-0.15, -0.1) is 0 Å². The number of nitrogens with zero attached hydrogens (tertiary/aromatic N) is 3. The predicted molar refractivity (Wildman–Crippen MR) is 72.5 cm³/mol. The van der Waals surface area contributed by atoms with Crippen LogP contribution in [0.3, 0.4) is 0 Å². The molecule has 0 radical (unpaired) electrons. The monoisotopic (exact) mass is 263 g/mol. The Morgan fingerprint density at radius 2 is 2.05 bits per heavy atom. The smallest absolute Gasteiger partial charge is 0.150 e. The quantitative estimate of drug-likeness (QED) is 0.695. The zero-order chi connectivity index (χ0) is 13.5. The lowest BCUT2D eigenvalue weighted by Gasteiger charge is -2.04. The van der Waals surface area contributed by atoms with Crippen molar-refractivity contribution in [2.45, 2.75) is 26.4 Å². The first-order valence-electron chi connectivity index (χ1n) is 6.55. The second kappa shape index (κ2) is 7.06. The zero-order valence-electron chi connectivity index (χ0n) is 11.5. The highest BCUT2D eigenvalue weighted by atomic mass is 16.5. The summed E-state index contributed by atoms with van der Waals surface area (Å²) in [7, 11) is 1.93. The molecule has 0 amide bonds. The molecule has 0 atom stereocenters. The van der Waals surface area contributed by atoms with Crippen molar-refractivity contribution < 1.29 is 4.52 Å². The van der Waals surface area contributed by atoms with Crippen molar-refractivity contribution in [3.8, 4) is 0 Å². The van der Waals surface area contributed by atoms with Crippen molar-refractivity contribution >= 4 is 0 Å². The molecule has 104 valence electrons. The lowest BCUT2D eigenvalue weighted by atomic mass is 10.3. The minimum Gasteiger partial charge on any atom is -0.360 e. The summed E-state index contributed by atoms with van der Waals surface area (Å²) < 4.78 is 6.93. The van der Waals surface area contributed by atoms with Crippen LogP contribution in [-0.2, 0) is 20.1 Å². The molecule has 0 aromatic carbocycles. The third-order valence-electron chi connectivity index (χ3n) is 2.77. The third kappa shape index (κ3) is 4.84. The minimum absolute atomic E-state index is 0.740. The van der Waals surface area contributed by atoms with Gasteiger partial charge in [0, 0.05) is 31.4 Å². The van der Waals surface area contributed by atoms with Gasteiger partial charge in [-0.25, -0.2) is 0 Å². The maximum absolute atomic E-state index is 5.11. The fraction of sp³-hybridized carbons (Fsp3) is 0.538. The molecule has 2 N–H and O–H groups in total. The number of nitrogens with one attached hydrogen (secondary N) is 2. The Kier molecular flexibility index (Phi) is 5.11. The molecule has 2 aromatic rings. The van der Waals surface area contributed by atoms with Gasteiger partial charge in [-0.1, -0.05) is 5.16 Å². The summed E-state index contributed by atoms with van der Waals surface area (Å²) in [6, 6.07) is 1.95. The Morgan fingerprint density at radius 3 is 2.68 bits per heavy atom. The lowest BCUT2D eigenvalue weighted by Crippen LogP contribution is -2.21. The zero-order valence-corrected chi connectivity index (χ0v) is 11.5. The van der Waals surface area contributed by atoms with E-state index in [1.165, 1.54) is 5.56 Å². The Labute approximate surface area is 113 Å². The molecule has 19 heavy (non-hydrogen) atoms. The molecule has 2 aromatic heterocycles. The van der Waals surface area contributed by atoms with Gasteiger partial charge in [0.25, 0.3) is 0 Å². The Balaban J connectivity index is 1.48. The Morgan fingerprint density at radius 1 is 1.26 bits per heavy atom. The molecule has 0 saturated heterocycles. The summed E-state index contributed by atoms with van der Waals surface area (Å²) in [4.78, 5) is 0. The van der Waals surface area contributed by atoms with E-state index in [2.05, 4.69) is 20.9 Å². The first kappa shape index (κ1) is 13.8. The average molecular weight is 263 g/mol. The number of aromatic nitrogens is 3. The van der Waals surface area contributed by atoms with Crippen LogP contribution in [0.5, 0.6) is 0 Å². The van der Waals surface area contributed by atoms with Crippen LogP contribution in [0.25, 0.3) is 0 Å². The van der Waals surface area contributed by atoms with E-state index in [-0.39, 0.29) is 0 Å². The highest BCUT2D eigenvalue weighted by molar-refractivity contribution is 5.03. The highest BCUT2D eigenvalue weighted by Gasteiger charge is 1.99. The summed E-state index contributed by atoms with van der Waals surface area (Å²) in [6.45, 7) is 5.48. The lowest BCUT2D eigenvalue weighted by molar-refractivity contribution is 0.369. The van der Waals surface area contributed by atoms with Gasteiger partial charge in [-0.3, -0.25) is 4.68 Å². The molecule has 0 fully saturated rings. The van der Waals surface area contributed by atoms with Gasteiger partial charge in [0.2, 0.25) is 0 Å². The second-order valence-corrected chi connectivity index (χ2v) is 4.66. The van der Waals surface area contributed by atoms with Gasteiger partial charge in [0.05, 0.1) is 18.4 Å². The Bertz CT molecular complexity index is 446. The summed E-state index contributed by atoms with van der Waals surface area (Å²) >= 11 is 0. The average Bonchev–Trinajstić information content (AvgIpc) is 2.97. The molecule has 6 heteroatoms. The van der Waals surface area contributed by atoms with Gasteiger partial charge in [-0.05, 0) is 26.4 Å². The van der Waals surface area contributed by atoms with E-state index in [0.717, 1.165) is 44.1 Å². The maximum atomic E-state index is 5.11. The number of rotatable bonds is 8. The summed E-state index contributed by atoms with van der Waals surface area (Å²) in [5.41, 5.74) is 2.14. The highest BCUT2D eigenvalue weighted by Crippen LogP contribution is 2.00. The topological polar surface area (TPSA) is 67.9 Å². The van der Waals surface area contributed by atoms with Gasteiger partial charge in [0.15, 0.2) is 5.76 Å². The molecule has 2 heterocycles. The predicted octanol–water partition coefficient (Wildman–Crippen LogP) is 0.986. The van der Waals surface area contributed by atoms with Gasteiger partial charge in [0.1, 0.15) is 0 Å². The van der Waals surface area contributed by atoms with Crippen LogP contribution >= 0.6 is 0 Å². The molecule has 0 saturated carbocycles. The van der Waals surface area contributed by atoms with Crippen LogP contribution in [-0.4, -0.2) is 28.0 Å². The van der Waals surface area contributed by atoms with Crippen LogP contribution in [0.1, 0.15) is 23.4 Å². The molecule has 0 bridgehead atoms. The number of aryl methyl sites for hydroxylation is 2. The summed E-state index contributed by atoms with van der Waals surface area (Å²) in [6.07, 6.45) is 4.99. The largest absolute Gasteiger partial charge is 0.360 e. The third-order valence-corrected chi connectivity index (χ3v) is 2.77. The van der Waals surface area contributed by atoms with Crippen LogP contribution in [0, 0.1) is 6.92 Å². The number of hydrogen-bond donors (Lipinski definition) is 2. The van der Waals surface area contributed by atoms with E-state index in [9.17, 15) is 0 Å². The van der Waals surface area contributed by atoms with Crippen LogP contribution in [0.2, 0.25) is 0 Å². The second-order valence-electron chi connectivity index (χ2n) is 4.66. The first-order valence-corrected chi connectivity index (χ1v) is 6.55. The van der Waals surface area contributed by atoms with Gasteiger partial charge in [-0.2, -0.15) is 5.10 Å². The molecule has 0 spiro atoms. The van der Waals surface area contributed by atoms with Crippen molar-refractivity contribution in [3.63, 3.8) is 0 Å². The van der Waals surface area contributed by atoms with Crippen LogP contribution in [0.4, 0.5) is 0 Å². The normalized spacial score (nSPS) is 11.1. The van der Waals surface area contributed by atoms with E-state index >= 15 is 0 Å². The molecule has 2 rings (SSSR count). The first-order chi connectivity index (χ1) is 9.24. The maximum Gasteiger partial charge on any atom is 0.150 e. The van der Waals surface area contributed by atoms with E-state index in [1.54, 1.807) is 0 Å². The van der Waals surface area contributed by atoms with Crippen molar-refractivity contribution in [1.29, 1.82) is 0 Å². The van der Waals surface area contributed by atoms with Crippen molar-refractivity contribution in [1.82, 2.24) is 25.6 Å². The molecule has 0 aliphatic rings. The minimum atomic E-state index is 0.740. The number of hydrogen-bond acceptors (Lipinski definition) is 5. The SMILES string of the molecule is Cc1cc(CNCCCNCc2cnn(C)c2)on1. The van der Waals surface area contributed by atoms with E-state index in [4.69, 9.17) is 4.52 Å². The molecule has 6 nitrogen and oxygen atoms in total. The van der Waals surface area contributed by atoms with E-state index < -0.39 is 0 Å². The van der Waals surface area contributed by atoms with Gasteiger partial charge >= 0.3 is 0 Å². The molecule has 0 aliphatic carbocycles. The molecule has 0 unspecified atom stereocenters. The van der Waals surface area contributed by atoms with Crippen LogP contribution in [0.15, 0.2) is 23.0 Å². The standard InChI is InChI=1S/C13H21N5O/c1-11-6-13(19-17-11)9-15-5-3-4-14-7-12-8-16-18(2)10-12/h6,8,10,14-15H,3-5,7,9H2,1-2H3. The van der Waals surface area contributed by atoms with Gasteiger partial charge < -0.3 is 15.2 Å². The van der Waals surface area contributed by atoms with Crippen molar-refractivity contribution in [2.75, 3.05) is 13.1 Å². The van der Waals surface area contributed by atoms with Crippen molar-refractivity contribution in [3.05, 3.63) is 35.5 Å². The fourth-order valence-corrected chi connectivity index (χ4v) is 1.85.